The van der Waals surface area contributed by atoms with Crippen LogP contribution in [-0.2, 0) is 19.9 Å². The molecule has 1 saturated carbocycles. The molecule has 2 rings (SSSR count). The van der Waals surface area contributed by atoms with E-state index in [1.165, 1.54) is 0 Å². The molecule has 2 fully saturated rings. The molecule has 20 heavy (non-hydrogen) atoms. The Kier molecular flexibility index (Phi) is 4.78. The van der Waals surface area contributed by atoms with Crippen LogP contribution in [0.2, 0.25) is 0 Å². The summed E-state index contributed by atoms with van der Waals surface area (Å²) in [6, 6.07) is 0. The van der Waals surface area contributed by atoms with Gasteiger partial charge >= 0.3 is 0 Å². The molecule has 0 aromatic rings. The van der Waals surface area contributed by atoms with E-state index in [9.17, 15) is 16.8 Å². The van der Waals surface area contributed by atoms with Crippen molar-refractivity contribution in [3.63, 3.8) is 0 Å². The molecular weight excluding hydrogens is 300 g/mol. The number of hydrogen-bond acceptors (Lipinski definition) is 5. The number of rotatable bonds is 4. The van der Waals surface area contributed by atoms with E-state index < -0.39 is 30.6 Å². The van der Waals surface area contributed by atoms with Gasteiger partial charge in [-0.1, -0.05) is 25.7 Å². The SMILES string of the molecule is NC1(CNS(=O)(=O)C2CCS(=O)(=O)C2)CCCCCC1. The van der Waals surface area contributed by atoms with Gasteiger partial charge in [0.25, 0.3) is 0 Å². The van der Waals surface area contributed by atoms with Crippen molar-refractivity contribution in [3.8, 4) is 0 Å². The van der Waals surface area contributed by atoms with Crippen molar-refractivity contribution in [2.24, 2.45) is 5.73 Å². The second kappa shape index (κ2) is 5.90. The molecule has 0 amide bonds. The third-order valence-corrected chi connectivity index (χ3v) is 8.16. The minimum atomic E-state index is -3.59. The molecule has 8 heteroatoms. The van der Waals surface area contributed by atoms with E-state index in [0.29, 0.717) is 0 Å². The van der Waals surface area contributed by atoms with E-state index in [4.69, 9.17) is 5.73 Å². The fourth-order valence-electron chi connectivity index (χ4n) is 2.98. The van der Waals surface area contributed by atoms with Gasteiger partial charge in [-0.2, -0.15) is 0 Å². The van der Waals surface area contributed by atoms with Gasteiger partial charge in [0.15, 0.2) is 9.84 Å². The van der Waals surface area contributed by atoms with Crippen LogP contribution in [0.3, 0.4) is 0 Å². The Bertz CT molecular complexity index is 534. The third-order valence-electron chi connectivity index (χ3n) is 4.35. The first kappa shape index (κ1) is 16.2. The average molecular weight is 324 g/mol. The lowest BCUT2D eigenvalue weighted by Gasteiger charge is -2.28. The zero-order chi connectivity index (χ0) is 14.9. The summed E-state index contributed by atoms with van der Waals surface area (Å²) in [6.07, 6.45) is 6.16. The van der Waals surface area contributed by atoms with Crippen LogP contribution in [0.4, 0.5) is 0 Å². The largest absolute Gasteiger partial charge is 0.324 e. The predicted octanol–water partition coefficient (Wildman–Crippen LogP) is 0.145. The standard InChI is InChI=1S/C12H24N2O4S2/c13-12(6-3-1-2-4-7-12)10-14-20(17,18)11-5-8-19(15,16)9-11/h11,14H,1-10,13H2. The molecular formula is C12H24N2O4S2. The molecule has 1 saturated heterocycles. The molecule has 1 aliphatic heterocycles. The third kappa shape index (κ3) is 4.16. The molecule has 1 aliphatic carbocycles. The molecule has 1 atom stereocenters. The van der Waals surface area contributed by atoms with Crippen LogP contribution in [0.1, 0.15) is 44.9 Å². The smallest absolute Gasteiger partial charge is 0.215 e. The van der Waals surface area contributed by atoms with Crippen LogP contribution in [-0.4, -0.2) is 45.7 Å². The molecule has 2 aliphatic rings. The highest BCUT2D eigenvalue weighted by Gasteiger charge is 2.38. The second-order valence-electron chi connectivity index (χ2n) is 6.17. The van der Waals surface area contributed by atoms with Gasteiger partial charge in [0.2, 0.25) is 10.0 Å². The maximum Gasteiger partial charge on any atom is 0.215 e. The lowest BCUT2D eigenvalue weighted by Crippen LogP contribution is -2.51. The minimum Gasteiger partial charge on any atom is -0.324 e. The number of hydrogen-bond donors (Lipinski definition) is 2. The summed E-state index contributed by atoms with van der Waals surface area (Å²) >= 11 is 0. The monoisotopic (exact) mass is 324 g/mol. The van der Waals surface area contributed by atoms with Gasteiger partial charge in [-0.3, -0.25) is 0 Å². The summed E-state index contributed by atoms with van der Waals surface area (Å²) in [6.45, 7) is 0.214. The summed E-state index contributed by atoms with van der Waals surface area (Å²) in [5, 5.41) is -0.818. The quantitative estimate of drug-likeness (QED) is 0.716. The van der Waals surface area contributed by atoms with Crippen molar-refractivity contribution < 1.29 is 16.8 Å². The Morgan fingerprint density at radius 2 is 1.75 bits per heavy atom. The van der Waals surface area contributed by atoms with Crippen LogP contribution >= 0.6 is 0 Å². The van der Waals surface area contributed by atoms with Crippen molar-refractivity contribution in [2.75, 3.05) is 18.1 Å². The van der Waals surface area contributed by atoms with Crippen molar-refractivity contribution in [2.45, 2.75) is 55.7 Å². The van der Waals surface area contributed by atoms with Gasteiger partial charge in [0, 0.05) is 12.1 Å². The van der Waals surface area contributed by atoms with Gasteiger partial charge in [0.05, 0.1) is 16.8 Å². The first-order chi connectivity index (χ1) is 9.23. The summed E-state index contributed by atoms with van der Waals surface area (Å²) in [4.78, 5) is 0. The van der Waals surface area contributed by atoms with Crippen LogP contribution in [0.5, 0.6) is 0 Å². The molecule has 0 spiro atoms. The zero-order valence-corrected chi connectivity index (χ0v) is 13.3. The van der Waals surface area contributed by atoms with Gasteiger partial charge in [-0.25, -0.2) is 21.6 Å². The summed E-state index contributed by atoms with van der Waals surface area (Å²) in [7, 11) is -6.78. The fraction of sp³-hybridized carbons (Fsp3) is 1.00. The molecule has 0 bridgehead atoms. The highest BCUT2D eigenvalue weighted by atomic mass is 32.2. The van der Waals surface area contributed by atoms with Gasteiger partial charge in [-0.15, -0.1) is 0 Å². The Morgan fingerprint density at radius 3 is 2.25 bits per heavy atom. The number of nitrogens with two attached hydrogens (primary N) is 1. The number of sulfonamides is 1. The first-order valence-corrected chi connectivity index (χ1v) is 10.6. The van der Waals surface area contributed by atoms with Gasteiger partial charge in [-0.05, 0) is 19.3 Å². The number of sulfone groups is 1. The normalized spacial score (nSPS) is 29.9. The molecule has 118 valence electrons. The second-order valence-corrected chi connectivity index (χ2v) is 10.4. The van der Waals surface area contributed by atoms with Crippen molar-refractivity contribution >= 4 is 19.9 Å². The average Bonchev–Trinajstić information content (AvgIpc) is 2.59. The topological polar surface area (TPSA) is 106 Å². The van der Waals surface area contributed by atoms with E-state index in [1.807, 2.05) is 0 Å². The van der Waals surface area contributed by atoms with E-state index in [1.54, 1.807) is 0 Å². The maximum absolute atomic E-state index is 12.2. The minimum absolute atomic E-state index is 0.0354. The molecule has 3 N–H and O–H groups in total. The first-order valence-electron chi connectivity index (χ1n) is 7.20. The Balaban J connectivity index is 1.95. The summed E-state index contributed by atoms with van der Waals surface area (Å²) in [5.41, 5.74) is 5.79. The maximum atomic E-state index is 12.2. The fourth-order valence-corrected chi connectivity index (χ4v) is 7.16. The number of nitrogens with one attached hydrogen (secondary N) is 1. The Morgan fingerprint density at radius 1 is 1.15 bits per heavy atom. The Labute approximate surface area is 121 Å². The van der Waals surface area contributed by atoms with Crippen molar-refractivity contribution in [3.05, 3.63) is 0 Å². The molecule has 0 aromatic carbocycles. The summed E-state index contributed by atoms with van der Waals surface area (Å²) < 4.78 is 49.7. The van der Waals surface area contributed by atoms with Crippen molar-refractivity contribution in [1.82, 2.24) is 4.72 Å². The van der Waals surface area contributed by atoms with E-state index in [0.717, 1.165) is 38.5 Å². The van der Waals surface area contributed by atoms with Crippen molar-refractivity contribution in [1.29, 1.82) is 0 Å². The summed E-state index contributed by atoms with van der Waals surface area (Å²) in [5.74, 6) is -0.299. The molecule has 1 heterocycles. The van der Waals surface area contributed by atoms with E-state index in [-0.39, 0.29) is 24.5 Å². The van der Waals surface area contributed by atoms with Gasteiger partial charge in [0.1, 0.15) is 0 Å². The lowest BCUT2D eigenvalue weighted by molar-refractivity contribution is 0.368. The van der Waals surface area contributed by atoms with Crippen LogP contribution < -0.4 is 10.5 Å². The Hall–Kier alpha value is -0.180. The predicted molar refractivity (Wildman–Crippen MR) is 78.6 cm³/mol. The van der Waals surface area contributed by atoms with Crippen LogP contribution in [0.15, 0.2) is 0 Å². The molecule has 6 nitrogen and oxygen atoms in total. The van der Waals surface area contributed by atoms with E-state index >= 15 is 0 Å². The van der Waals surface area contributed by atoms with Gasteiger partial charge < -0.3 is 5.73 Å². The van der Waals surface area contributed by atoms with Crippen LogP contribution in [0.25, 0.3) is 0 Å². The zero-order valence-electron chi connectivity index (χ0n) is 11.7. The molecule has 0 radical (unpaired) electrons. The molecule has 0 aromatic heterocycles. The lowest BCUT2D eigenvalue weighted by atomic mass is 9.92. The van der Waals surface area contributed by atoms with E-state index in [2.05, 4.69) is 4.72 Å². The highest BCUT2D eigenvalue weighted by molar-refractivity contribution is 7.95. The van der Waals surface area contributed by atoms with Crippen LogP contribution in [0, 0.1) is 0 Å². The highest BCUT2D eigenvalue weighted by Crippen LogP contribution is 2.25. The molecule has 1 unspecified atom stereocenters.